The van der Waals surface area contributed by atoms with Crippen molar-refractivity contribution >= 4 is 40.0 Å². The molecule has 1 fully saturated rings. The molecule has 2 aromatic heterocycles. The van der Waals surface area contributed by atoms with Crippen LogP contribution in [0.1, 0.15) is 17.3 Å². The minimum Gasteiger partial charge on any atom is -0.338 e. The van der Waals surface area contributed by atoms with Crippen LogP contribution in [0, 0.1) is 0 Å². The van der Waals surface area contributed by atoms with E-state index in [1.807, 2.05) is 88.2 Å². The number of hydrogen-bond donors (Lipinski definition) is 0. The fourth-order valence-electron chi connectivity index (χ4n) is 4.77. The molecule has 3 heterocycles. The highest BCUT2D eigenvalue weighted by atomic mass is 35.5. The molecule has 1 atom stereocenters. The number of piperazine rings is 1. The zero-order chi connectivity index (χ0) is 23.9. The van der Waals surface area contributed by atoms with Crippen LogP contribution in [-0.4, -0.2) is 56.1 Å². The molecule has 1 saturated heterocycles. The first-order valence-corrected chi connectivity index (χ1v) is 12.0. The number of amides is 1. The van der Waals surface area contributed by atoms with Gasteiger partial charge in [0.25, 0.3) is 5.91 Å². The number of hydrogen-bond acceptors (Lipinski definition) is 5. The van der Waals surface area contributed by atoms with Crippen LogP contribution in [0.5, 0.6) is 0 Å². The molecule has 8 heteroatoms. The van der Waals surface area contributed by atoms with Crippen molar-refractivity contribution in [3.63, 3.8) is 0 Å². The Morgan fingerprint density at radius 3 is 2.43 bits per heavy atom. The molecule has 3 aromatic carbocycles. The first-order valence-electron chi connectivity index (χ1n) is 11.6. The maximum absolute atomic E-state index is 13.1. The maximum Gasteiger partial charge on any atom is 0.254 e. The van der Waals surface area contributed by atoms with Crippen molar-refractivity contribution < 1.29 is 4.79 Å². The third-order valence-electron chi connectivity index (χ3n) is 6.51. The molecule has 1 unspecified atom stereocenters. The van der Waals surface area contributed by atoms with Crippen molar-refractivity contribution in [1.29, 1.82) is 0 Å². The highest BCUT2D eigenvalue weighted by molar-refractivity contribution is 6.31. The Balaban J connectivity index is 1.43. The van der Waals surface area contributed by atoms with E-state index in [-0.39, 0.29) is 11.9 Å². The van der Waals surface area contributed by atoms with Gasteiger partial charge < -0.3 is 9.80 Å². The van der Waals surface area contributed by atoms with Crippen molar-refractivity contribution in [1.82, 2.24) is 24.5 Å². The van der Waals surface area contributed by atoms with Gasteiger partial charge in [0.15, 0.2) is 11.5 Å². The van der Waals surface area contributed by atoms with Gasteiger partial charge in [-0.1, -0.05) is 60.1 Å². The Labute approximate surface area is 207 Å². The molecule has 35 heavy (non-hydrogen) atoms. The number of fused-ring (bicyclic) bond motifs is 3. The van der Waals surface area contributed by atoms with Gasteiger partial charge in [-0.2, -0.15) is 0 Å². The predicted octanol–water partition coefficient (Wildman–Crippen LogP) is 4.95. The van der Waals surface area contributed by atoms with Gasteiger partial charge in [-0.15, -0.1) is 10.2 Å². The Hall–Kier alpha value is -3.97. The molecule has 1 amide bonds. The number of rotatable bonds is 3. The SMILES string of the molecule is CC1CN(c2nc3cc(Cl)ccc3c3nnc(-c4ccccc4)n23)CCN1C(=O)c1ccccc1. The number of halogens is 1. The minimum atomic E-state index is 0.0000188. The topological polar surface area (TPSA) is 66.6 Å². The predicted molar refractivity (Wildman–Crippen MR) is 138 cm³/mol. The Kier molecular flexibility index (Phi) is 5.34. The van der Waals surface area contributed by atoms with Gasteiger partial charge in [-0.05, 0) is 37.3 Å². The zero-order valence-electron chi connectivity index (χ0n) is 19.2. The summed E-state index contributed by atoms with van der Waals surface area (Å²) in [6.07, 6.45) is 0. The highest BCUT2D eigenvalue weighted by Crippen LogP contribution is 2.31. The van der Waals surface area contributed by atoms with E-state index in [1.165, 1.54) is 0 Å². The lowest BCUT2D eigenvalue weighted by Gasteiger charge is -2.40. The monoisotopic (exact) mass is 482 g/mol. The fourth-order valence-corrected chi connectivity index (χ4v) is 4.93. The van der Waals surface area contributed by atoms with Gasteiger partial charge in [0.05, 0.1) is 5.52 Å². The number of aromatic nitrogens is 4. The summed E-state index contributed by atoms with van der Waals surface area (Å²) in [5, 5.41) is 10.6. The Bertz CT molecular complexity index is 1540. The highest BCUT2D eigenvalue weighted by Gasteiger charge is 2.31. The number of anilines is 1. The van der Waals surface area contributed by atoms with Crippen LogP contribution in [0.25, 0.3) is 27.9 Å². The minimum absolute atomic E-state index is 0.0000188. The van der Waals surface area contributed by atoms with Crippen molar-refractivity contribution in [3.8, 4) is 11.4 Å². The van der Waals surface area contributed by atoms with Crippen LogP contribution in [-0.2, 0) is 0 Å². The van der Waals surface area contributed by atoms with Crippen molar-refractivity contribution in [2.75, 3.05) is 24.5 Å². The summed E-state index contributed by atoms with van der Waals surface area (Å²) >= 11 is 6.30. The first-order chi connectivity index (χ1) is 17.1. The van der Waals surface area contributed by atoms with E-state index in [2.05, 4.69) is 22.0 Å². The third kappa shape index (κ3) is 3.78. The van der Waals surface area contributed by atoms with E-state index in [4.69, 9.17) is 16.6 Å². The standard InChI is InChI=1S/C27H23ClN6O/c1-18-17-32(14-15-33(18)26(35)20-10-6-3-7-11-20)27-29-23-16-21(28)12-13-22(23)25-31-30-24(34(25)27)19-8-4-2-5-9-19/h2-13,16,18H,14-15,17H2,1H3. The van der Waals surface area contributed by atoms with Gasteiger partial charge in [-0.25, -0.2) is 9.38 Å². The average molecular weight is 483 g/mol. The summed E-state index contributed by atoms with van der Waals surface area (Å²) in [6, 6.07) is 25.1. The zero-order valence-corrected chi connectivity index (χ0v) is 19.9. The normalized spacial score (nSPS) is 16.2. The van der Waals surface area contributed by atoms with Crippen LogP contribution < -0.4 is 4.90 Å². The van der Waals surface area contributed by atoms with E-state index in [1.54, 1.807) is 0 Å². The van der Waals surface area contributed by atoms with Crippen LogP contribution in [0.4, 0.5) is 5.95 Å². The Morgan fingerprint density at radius 2 is 1.69 bits per heavy atom. The molecule has 0 spiro atoms. The van der Waals surface area contributed by atoms with E-state index in [9.17, 15) is 4.79 Å². The fraction of sp³-hybridized carbons (Fsp3) is 0.185. The van der Waals surface area contributed by atoms with Crippen LogP contribution in [0.2, 0.25) is 5.02 Å². The number of nitrogens with zero attached hydrogens (tertiary/aromatic N) is 6. The Morgan fingerprint density at radius 1 is 0.943 bits per heavy atom. The summed E-state index contributed by atoms with van der Waals surface area (Å²) in [5.74, 6) is 1.53. The molecular weight excluding hydrogens is 460 g/mol. The number of benzene rings is 3. The molecule has 6 rings (SSSR count). The van der Waals surface area contributed by atoms with Crippen LogP contribution >= 0.6 is 11.6 Å². The molecule has 0 N–H and O–H groups in total. The average Bonchev–Trinajstić information content (AvgIpc) is 3.34. The second-order valence-electron chi connectivity index (χ2n) is 8.78. The quantitative estimate of drug-likeness (QED) is 0.364. The van der Waals surface area contributed by atoms with E-state index in [0.29, 0.717) is 30.2 Å². The van der Waals surface area contributed by atoms with Crippen LogP contribution in [0.15, 0.2) is 78.9 Å². The summed E-state index contributed by atoms with van der Waals surface area (Å²) in [5.41, 5.74) is 3.17. The van der Waals surface area contributed by atoms with Crippen molar-refractivity contribution in [3.05, 3.63) is 89.4 Å². The van der Waals surface area contributed by atoms with Crippen molar-refractivity contribution in [2.24, 2.45) is 0 Å². The molecule has 0 saturated carbocycles. The second kappa shape index (κ2) is 8.67. The van der Waals surface area contributed by atoms with Gasteiger partial charge >= 0.3 is 0 Å². The lowest BCUT2D eigenvalue weighted by atomic mass is 10.1. The molecule has 0 bridgehead atoms. The second-order valence-corrected chi connectivity index (χ2v) is 9.22. The molecule has 174 valence electrons. The molecule has 0 aliphatic carbocycles. The maximum atomic E-state index is 13.1. The molecular formula is C27H23ClN6O. The summed E-state index contributed by atoms with van der Waals surface area (Å²) in [6.45, 7) is 3.95. The van der Waals surface area contributed by atoms with E-state index >= 15 is 0 Å². The van der Waals surface area contributed by atoms with E-state index in [0.717, 1.165) is 33.9 Å². The van der Waals surface area contributed by atoms with Gasteiger partial charge in [-0.3, -0.25) is 4.79 Å². The lowest BCUT2D eigenvalue weighted by Crippen LogP contribution is -2.54. The van der Waals surface area contributed by atoms with Gasteiger partial charge in [0.2, 0.25) is 5.95 Å². The number of carbonyl (C=O) groups excluding carboxylic acids is 1. The van der Waals surface area contributed by atoms with Gasteiger partial charge in [0.1, 0.15) is 0 Å². The molecule has 1 aliphatic rings. The summed E-state index contributed by atoms with van der Waals surface area (Å²) in [7, 11) is 0. The first kappa shape index (κ1) is 21.6. The van der Waals surface area contributed by atoms with Crippen LogP contribution in [0.3, 0.4) is 0 Å². The lowest BCUT2D eigenvalue weighted by molar-refractivity contribution is 0.0673. The van der Waals surface area contributed by atoms with Gasteiger partial charge in [0, 0.05) is 47.2 Å². The summed E-state index contributed by atoms with van der Waals surface area (Å²) < 4.78 is 2.02. The van der Waals surface area contributed by atoms with Crippen molar-refractivity contribution in [2.45, 2.75) is 13.0 Å². The molecule has 0 radical (unpaired) electrons. The number of carbonyl (C=O) groups is 1. The largest absolute Gasteiger partial charge is 0.338 e. The molecule has 1 aliphatic heterocycles. The molecule has 7 nitrogen and oxygen atoms in total. The van der Waals surface area contributed by atoms with E-state index < -0.39 is 0 Å². The molecule has 5 aromatic rings. The smallest absolute Gasteiger partial charge is 0.254 e. The summed E-state index contributed by atoms with van der Waals surface area (Å²) in [4.78, 5) is 22.3. The third-order valence-corrected chi connectivity index (χ3v) is 6.74.